The van der Waals surface area contributed by atoms with Crippen LogP contribution in [0.4, 0.5) is 4.79 Å². The molecule has 2 aromatic rings. The lowest BCUT2D eigenvalue weighted by atomic mass is 9.98. The fraction of sp³-hybridized carbons (Fsp3) is 0.464. The maximum Gasteiger partial charge on any atom is 0.407 e. The second-order valence-corrected chi connectivity index (χ2v) is 9.84. The monoisotopic (exact) mass is 478 g/mol. The number of ether oxygens (including phenoxy) is 1. The molecule has 2 aromatic carbocycles. The van der Waals surface area contributed by atoms with Gasteiger partial charge in [0.25, 0.3) is 0 Å². The van der Waals surface area contributed by atoms with Gasteiger partial charge in [-0.3, -0.25) is 9.59 Å². The van der Waals surface area contributed by atoms with E-state index < -0.39 is 12.1 Å². The van der Waals surface area contributed by atoms with Gasteiger partial charge in [-0.1, -0.05) is 62.4 Å². The van der Waals surface area contributed by atoms with Crippen LogP contribution in [0.3, 0.4) is 0 Å². The van der Waals surface area contributed by atoms with E-state index in [1.54, 1.807) is 4.90 Å². The number of carbonyl (C=O) groups is 3. The molecule has 7 nitrogen and oxygen atoms in total. The molecule has 7 heteroatoms. The molecule has 0 aromatic heterocycles. The van der Waals surface area contributed by atoms with Crippen molar-refractivity contribution in [2.75, 3.05) is 13.2 Å². The van der Waals surface area contributed by atoms with E-state index in [1.165, 1.54) is 11.1 Å². The van der Waals surface area contributed by atoms with Crippen molar-refractivity contribution in [3.8, 4) is 11.1 Å². The summed E-state index contributed by atoms with van der Waals surface area (Å²) in [5, 5.41) is 11.9. The first-order chi connectivity index (χ1) is 16.8. The highest BCUT2D eigenvalue weighted by atomic mass is 16.5. The third-order valence-corrected chi connectivity index (χ3v) is 7.24. The van der Waals surface area contributed by atoms with E-state index in [0.717, 1.165) is 24.0 Å². The fourth-order valence-electron chi connectivity index (χ4n) is 5.30. The molecule has 186 valence electrons. The molecule has 0 bridgehead atoms. The van der Waals surface area contributed by atoms with Crippen LogP contribution in [0.25, 0.3) is 11.1 Å². The summed E-state index contributed by atoms with van der Waals surface area (Å²) in [7, 11) is 0. The Balaban J connectivity index is 1.35. The van der Waals surface area contributed by atoms with Crippen molar-refractivity contribution >= 4 is 18.0 Å². The van der Waals surface area contributed by atoms with Crippen molar-refractivity contribution in [3.63, 3.8) is 0 Å². The van der Waals surface area contributed by atoms with E-state index in [-0.39, 0.29) is 49.3 Å². The van der Waals surface area contributed by atoms with Crippen molar-refractivity contribution in [1.82, 2.24) is 10.2 Å². The molecule has 4 rings (SSSR count). The summed E-state index contributed by atoms with van der Waals surface area (Å²) >= 11 is 0. The minimum absolute atomic E-state index is 0.0214. The van der Waals surface area contributed by atoms with Crippen LogP contribution in [0.2, 0.25) is 0 Å². The van der Waals surface area contributed by atoms with Crippen molar-refractivity contribution < 1.29 is 24.2 Å². The van der Waals surface area contributed by atoms with Crippen LogP contribution in [0.1, 0.15) is 63.0 Å². The van der Waals surface area contributed by atoms with Gasteiger partial charge in [0.05, 0.1) is 0 Å². The van der Waals surface area contributed by atoms with Crippen molar-refractivity contribution in [1.29, 1.82) is 0 Å². The second kappa shape index (κ2) is 10.9. The Morgan fingerprint density at radius 2 is 1.69 bits per heavy atom. The molecule has 35 heavy (non-hydrogen) atoms. The molecule has 1 unspecified atom stereocenters. The van der Waals surface area contributed by atoms with Crippen molar-refractivity contribution in [2.24, 2.45) is 5.92 Å². The lowest BCUT2D eigenvalue weighted by Crippen LogP contribution is -2.45. The van der Waals surface area contributed by atoms with E-state index in [0.29, 0.717) is 13.0 Å². The molecular formula is C28H34N2O5. The van der Waals surface area contributed by atoms with Gasteiger partial charge in [-0.25, -0.2) is 4.79 Å². The Kier molecular flexibility index (Phi) is 7.73. The maximum absolute atomic E-state index is 13.0. The molecule has 2 aliphatic rings. The van der Waals surface area contributed by atoms with Gasteiger partial charge >= 0.3 is 12.1 Å². The van der Waals surface area contributed by atoms with E-state index in [2.05, 4.69) is 29.6 Å². The molecule has 1 aliphatic carbocycles. The van der Waals surface area contributed by atoms with Gasteiger partial charge in [0, 0.05) is 37.4 Å². The molecule has 1 heterocycles. The van der Waals surface area contributed by atoms with Gasteiger partial charge < -0.3 is 20.1 Å². The number of hydrogen-bond donors (Lipinski definition) is 2. The average Bonchev–Trinajstić information content (AvgIpc) is 3.44. The van der Waals surface area contributed by atoms with Crippen molar-refractivity contribution in [3.05, 3.63) is 59.7 Å². The van der Waals surface area contributed by atoms with Gasteiger partial charge in [0.15, 0.2) is 0 Å². The Hall–Kier alpha value is -3.35. The van der Waals surface area contributed by atoms with Gasteiger partial charge in [0.2, 0.25) is 5.91 Å². The number of nitrogens with one attached hydrogen (secondary N) is 1. The summed E-state index contributed by atoms with van der Waals surface area (Å²) in [6, 6.07) is 16.0. The molecular weight excluding hydrogens is 444 g/mol. The number of alkyl carbamates (subject to hydrolysis) is 1. The predicted molar refractivity (Wildman–Crippen MR) is 133 cm³/mol. The van der Waals surface area contributed by atoms with Crippen LogP contribution in [-0.4, -0.2) is 53.2 Å². The van der Waals surface area contributed by atoms with E-state index in [4.69, 9.17) is 9.84 Å². The SMILES string of the molecule is CC(C)[C@H](CC(=O)N1CCCC1CCC(=O)O)NC(=O)OCC1c2ccccc2-c2ccccc21. The zero-order valence-corrected chi connectivity index (χ0v) is 20.4. The number of benzene rings is 2. The number of hydrogen-bond acceptors (Lipinski definition) is 4. The molecule has 1 fully saturated rings. The molecule has 2 atom stereocenters. The Morgan fingerprint density at radius 3 is 2.29 bits per heavy atom. The van der Waals surface area contributed by atoms with E-state index >= 15 is 0 Å². The topological polar surface area (TPSA) is 95.9 Å². The first kappa shape index (κ1) is 24.8. The molecule has 0 saturated carbocycles. The Labute approximate surface area is 206 Å². The summed E-state index contributed by atoms with van der Waals surface area (Å²) in [5.74, 6) is -0.872. The van der Waals surface area contributed by atoms with Crippen LogP contribution < -0.4 is 5.32 Å². The molecule has 0 spiro atoms. The maximum atomic E-state index is 13.0. The first-order valence-corrected chi connectivity index (χ1v) is 12.5. The highest BCUT2D eigenvalue weighted by Gasteiger charge is 2.32. The lowest BCUT2D eigenvalue weighted by molar-refractivity contribution is -0.139. The summed E-state index contributed by atoms with van der Waals surface area (Å²) in [4.78, 5) is 38.5. The number of fused-ring (bicyclic) bond motifs is 3. The number of carboxylic acids is 1. The third-order valence-electron chi connectivity index (χ3n) is 7.24. The van der Waals surface area contributed by atoms with E-state index in [9.17, 15) is 14.4 Å². The zero-order valence-electron chi connectivity index (χ0n) is 20.4. The first-order valence-electron chi connectivity index (χ1n) is 12.5. The lowest BCUT2D eigenvalue weighted by Gasteiger charge is -2.28. The number of carboxylic acid groups (broad SMARTS) is 1. The molecule has 2 amide bonds. The largest absolute Gasteiger partial charge is 0.481 e. The minimum atomic E-state index is -0.846. The second-order valence-electron chi connectivity index (χ2n) is 9.84. The Bertz CT molecular complexity index is 1040. The normalized spacial score (nSPS) is 17.7. The third kappa shape index (κ3) is 5.66. The van der Waals surface area contributed by atoms with Crippen LogP contribution in [-0.2, 0) is 14.3 Å². The number of likely N-dealkylation sites (tertiary alicyclic amines) is 1. The van der Waals surface area contributed by atoms with E-state index in [1.807, 2.05) is 38.1 Å². The standard InChI is InChI=1S/C28H34N2O5/c1-18(2)25(16-26(31)30-15-7-8-19(30)13-14-27(32)33)29-28(34)35-17-24-22-11-5-3-9-20(22)21-10-4-6-12-23(21)24/h3-6,9-12,18-19,24-25H,7-8,13-17H2,1-2H3,(H,29,34)(H,32,33)/t19?,25-/m0/s1. The van der Waals surface area contributed by atoms with Gasteiger partial charge in [-0.05, 0) is 47.4 Å². The predicted octanol–water partition coefficient (Wildman–Crippen LogP) is 4.80. The average molecular weight is 479 g/mol. The van der Waals surface area contributed by atoms with Gasteiger partial charge in [-0.15, -0.1) is 0 Å². The van der Waals surface area contributed by atoms with Gasteiger partial charge in [0.1, 0.15) is 6.61 Å². The number of nitrogens with zero attached hydrogens (tertiary/aromatic N) is 1. The van der Waals surface area contributed by atoms with Crippen LogP contribution in [0, 0.1) is 5.92 Å². The number of carbonyl (C=O) groups excluding carboxylic acids is 2. The Morgan fingerprint density at radius 1 is 1.06 bits per heavy atom. The van der Waals surface area contributed by atoms with Crippen molar-refractivity contribution in [2.45, 2.75) is 64.0 Å². The van der Waals surface area contributed by atoms with Crippen LogP contribution >= 0.6 is 0 Å². The van der Waals surface area contributed by atoms with Crippen LogP contribution in [0.5, 0.6) is 0 Å². The molecule has 1 saturated heterocycles. The smallest absolute Gasteiger partial charge is 0.407 e. The summed E-state index contributed by atoms with van der Waals surface area (Å²) in [6.45, 7) is 4.79. The summed E-state index contributed by atoms with van der Waals surface area (Å²) in [5.41, 5.74) is 4.65. The summed E-state index contributed by atoms with van der Waals surface area (Å²) in [6.07, 6.45) is 1.87. The number of aliphatic carboxylic acids is 1. The quantitative estimate of drug-likeness (QED) is 0.540. The molecule has 2 N–H and O–H groups in total. The zero-order chi connectivity index (χ0) is 24.9. The molecule has 0 radical (unpaired) electrons. The number of rotatable bonds is 9. The van der Waals surface area contributed by atoms with Gasteiger partial charge in [-0.2, -0.15) is 0 Å². The summed E-state index contributed by atoms with van der Waals surface area (Å²) < 4.78 is 5.67. The molecule has 1 aliphatic heterocycles. The minimum Gasteiger partial charge on any atom is -0.481 e. The highest BCUT2D eigenvalue weighted by Crippen LogP contribution is 2.44. The number of amides is 2. The highest BCUT2D eigenvalue weighted by molar-refractivity contribution is 5.80. The fourth-order valence-corrected chi connectivity index (χ4v) is 5.30. The van der Waals surface area contributed by atoms with Crippen LogP contribution in [0.15, 0.2) is 48.5 Å².